The fraction of sp³-hybridized carbons (Fsp3) is 1.00. The van der Waals surface area contributed by atoms with Crippen molar-refractivity contribution in [1.29, 1.82) is 0 Å². The molecule has 0 N–H and O–H groups in total. The maximum absolute atomic E-state index is 5.48. The van der Waals surface area contributed by atoms with Crippen molar-refractivity contribution in [1.82, 2.24) is 4.90 Å². The molecule has 0 amide bonds. The van der Waals surface area contributed by atoms with Crippen molar-refractivity contribution >= 4 is 0 Å². The molecule has 0 saturated carbocycles. The Bertz CT molecular complexity index is 280. The summed E-state index contributed by atoms with van der Waals surface area (Å²) in [6.45, 7) is 17.4. The summed E-state index contributed by atoms with van der Waals surface area (Å²) in [4.78, 5) is 2.72. The van der Waals surface area contributed by atoms with Crippen LogP contribution in [0.5, 0.6) is 0 Å². The summed E-state index contributed by atoms with van der Waals surface area (Å²) in [5.41, 5.74) is 1.15. The van der Waals surface area contributed by atoms with E-state index in [0.29, 0.717) is 16.9 Å². The number of hydrogen-bond acceptors (Lipinski definition) is 2. The molecule has 2 nitrogen and oxygen atoms in total. The van der Waals surface area contributed by atoms with Gasteiger partial charge in [-0.3, -0.25) is 4.90 Å². The van der Waals surface area contributed by atoms with Crippen LogP contribution in [0.4, 0.5) is 0 Å². The van der Waals surface area contributed by atoms with Crippen LogP contribution in [0.1, 0.15) is 54.4 Å². The maximum Gasteiger partial charge on any atom is 0.0545 e. The lowest BCUT2D eigenvalue weighted by Gasteiger charge is -2.57. The minimum absolute atomic E-state index is 0.282. The molecule has 1 spiro atoms. The van der Waals surface area contributed by atoms with Gasteiger partial charge in [0.05, 0.1) is 13.2 Å². The third kappa shape index (κ3) is 2.53. The monoisotopic (exact) mass is 239 g/mol. The molecule has 0 bridgehead atoms. The Labute approximate surface area is 107 Å². The minimum atomic E-state index is 0.282. The molecule has 2 aliphatic heterocycles. The van der Waals surface area contributed by atoms with Gasteiger partial charge < -0.3 is 4.74 Å². The van der Waals surface area contributed by atoms with E-state index in [1.807, 2.05) is 0 Å². The first-order valence-electron chi connectivity index (χ1n) is 6.99. The van der Waals surface area contributed by atoms with Crippen LogP contribution in [0.3, 0.4) is 0 Å². The number of nitrogens with zero attached hydrogens (tertiary/aromatic N) is 1. The average molecular weight is 239 g/mol. The van der Waals surface area contributed by atoms with Gasteiger partial charge in [-0.25, -0.2) is 0 Å². The lowest BCUT2D eigenvalue weighted by Crippen LogP contribution is -2.62. The Kier molecular flexibility index (Phi) is 3.11. The molecule has 2 heteroatoms. The zero-order chi connectivity index (χ0) is 12.9. The lowest BCUT2D eigenvalue weighted by molar-refractivity contribution is -0.172. The van der Waals surface area contributed by atoms with Gasteiger partial charge in [-0.1, -0.05) is 20.8 Å². The SMILES string of the molecule is CC(C)(C)C1CC2(CCN1C(C)(C)C)COC2. The van der Waals surface area contributed by atoms with Gasteiger partial charge >= 0.3 is 0 Å². The zero-order valence-corrected chi connectivity index (χ0v) is 12.5. The Morgan fingerprint density at radius 1 is 1.06 bits per heavy atom. The van der Waals surface area contributed by atoms with Crippen LogP contribution in [0, 0.1) is 10.8 Å². The quantitative estimate of drug-likeness (QED) is 0.643. The van der Waals surface area contributed by atoms with Crippen LogP contribution in [-0.4, -0.2) is 36.2 Å². The van der Waals surface area contributed by atoms with Crippen LogP contribution < -0.4 is 0 Å². The highest BCUT2D eigenvalue weighted by atomic mass is 16.5. The van der Waals surface area contributed by atoms with Gasteiger partial charge in [-0.15, -0.1) is 0 Å². The second-order valence-corrected chi connectivity index (χ2v) is 8.19. The number of ether oxygens (including phenoxy) is 1. The van der Waals surface area contributed by atoms with E-state index in [9.17, 15) is 0 Å². The number of rotatable bonds is 0. The molecule has 2 heterocycles. The molecule has 0 radical (unpaired) electrons. The molecule has 2 rings (SSSR count). The molecule has 0 aliphatic carbocycles. The van der Waals surface area contributed by atoms with Crippen LogP contribution in [0.15, 0.2) is 0 Å². The summed E-state index contributed by atoms with van der Waals surface area (Å²) in [5.74, 6) is 0. The number of hydrogen-bond donors (Lipinski definition) is 0. The van der Waals surface area contributed by atoms with Crippen molar-refractivity contribution in [3.05, 3.63) is 0 Å². The smallest absolute Gasteiger partial charge is 0.0545 e. The van der Waals surface area contributed by atoms with E-state index in [1.54, 1.807) is 0 Å². The highest BCUT2D eigenvalue weighted by molar-refractivity contribution is 5.01. The third-order valence-corrected chi connectivity index (χ3v) is 4.56. The zero-order valence-electron chi connectivity index (χ0n) is 12.5. The Morgan fingerprint density at radius 2 is 1.65 bits per heavy atom. The molecule has 100 valence electrons. The van der Waals surface area contributed by atoms with Gasteiger partial charge in [0.2, 0.25) is 0 Å². The summed E-state index contributed by atoms with van der Waals surface area (Å²) in [6.07, 6.45) is 2.63. The molecule has 2 aliphatic rings. The molecule has 0 aromatic carbocycles. The first-order chi connectivity index (χ1) is 7.64. The van der Waals surface area contributed by atoms with Crippen molar-refractivity contribution in [3.8, 4) is 0 Å². The predicted octanol–water partition coefficient (Wildman–Crippen LogP) is 3.31. The topological polar surface area (TPSA) is 12.5 Å². The molecule has 0 aromatic heterocycles. The highest BCUT2D eigenvalue weighted by Gasteiger charge is 2.49. The van der Waals surface area contributed by atoms with Crippen molar-refractivity contribution in [2.24, 2.45) is 10.8 Å². The second kappa shape index (κ2) is 3.96. The van der Waals surface area contributed by atoms with E-state index in [4.69, 9.17) is 4.74 Å². The van der Waals surface area contributed by atoms with Crippen LogP contribution in [0.2, 0.25) is 0 Å². The predicted molar refractivity (Wildman–Crippen MR) is 72.2 cm³/mol. The van der Waals surface area contributed by atoms with E-state index >= 15 is 0 Å². The van der Waals surface area contributed by atoms with Gasteiger partial charge in [0, 0.05) is 17.0 Å². The van der Waals surface area contributed by atoms with E-state index in [0.717, 1.165) is 13.2 Å². The second-order valence-electron chi connectivity index (χ2n) is 8.19. The Balaban J connectivity index is 2.18. The van der Waals surface area contributed by atoms with Gasteiger partial charge in [0.15, 0.2) is 0 Å². The third-order valence-electron chi connectivity index (χ3n) is 4.56. The molecule has 2 fully saturated rings. The normalized spacial score (nSPS) is 30.4. The first-order valence-corrected chi connectivity index (χ1v) is 6.99. The van der Waals surface area contributed by atoms with Crippen molar-refractivity contribution in [3.63, 3.8) is 0 Å². The molecular formula is C15H29NO. The standard InChI is InChI=1S/C15H29NO/c1-13(2,3)12-9-15(10-17-11-15)7-8-16(12)14(4,5)6/h12H,7-11H2,1-6H3. The average Bonchev–Trinajstić information content (AvgIpc) is 2.11. The van der Waals surface area contributed by atoms with Crippen molar-refractivity contribution in [2.75, 3.05) is 19.8 Å². The molecule has 17 heavy (non-hydrogen) atoms. The molecule has 2 saturated heterocycles. The van der Waals surface area contributed by atoms with E-state index in [1.165, 1.54) is 19.4 Å². The molecule has 1 unspecified atom stereocenters. The fourth-order valence-electron chi connectivity index (χ4n) is 3.37. The van der Waals surface area contributed by atoms with Crippen LogP contribution in [-0.2, 0) is 4.74 Å². The van der Waals surface area contributed by atoms with E-state index in [-0.39, 0.29) is 5.54 Å². The first kappa shape index (κ1) is 13.4. The number of piperidine rings is 1. The fourth-order valence-corrected chi connectivity index (χ4v) is 3.37. The molecule has 1 atom stereocenters. The Hall–Kier alpha value is -0.0800. The molecular weight excluding hydrogens is 210 g/mol. The minimum Gasteiger partial charge on any atom is -0.380 e. The van der Waals surface area contributed by atoms with Crippen LogP contribution >= 0.6 is 0 Å². The van der Waals surface area contributed by atoms with Gasteiger partial charge in [0.1, 0.15) is 0 Å². The number of likely N-dealkylation sites (tertiary alicyclic amines) is 1. The summed E-state index contributed by atoms with van der Waals surface area (Å²) in [6, 6.07) is 0.681. The van der Waals surface area contributed by atoms with Gasteiger partial charge in [-0.05, 0) is 45.6 Å². The largest absolute Gasteiger partial charge is 0.380 e. The molecule has 0 aromatic rings. The van der Waals surface area contributed by atoms with Crippen molar-refractivity contribution in [2.45, 2.75) is 66.0 Å². The van der Waals surface area contributed by atoms with Gasteiger partial charge in [0.25, 0.3) is 0 Å². The summed E-state index contributed by atoms with van der Waals surface area (Å²) < 4.78 is 5.48. The highest BCUT2D eigenvalue weighted by Crippen LogP contribution is 2.47. The Morgan fingerprint density at radius 3 is 2.00 bits per heavy atom. The maximum atomic E-state index is 5.48. The van der Waals surface area contributed by atoms with Crippen LogP contribution in [0.25, 0.3) is 0 Å². The van der Waals surface area contributed by atoms with E-state index in [2.05, 4.69) is 46.4 Å². The van der Waals surface area contributed by atoms with E-state index < -0.39 is 0 Å². The van der Waals surface area contributed by atoms with Gasteiger partial charge in [-0.2, -0.15) is 0 Å². The summed E-state index contributed by atoms with van der Waals surface area (Å²) >= 11 is 0. The summed E-state index contributed by atoms with van der Waals surface area (Å²) in [7, 11) is 0. The summed E-state index contributed by atoms with van der Waals surface area (Å²) in [5, 5.41) is 0. The van der Waals surface area contributed by atoms with Crippen molar-refractivity contribution < 1.29 is 4.74 Å². The lowest BCUT2D eigenvalue weighted by atomic mass is 9.67.